The van der Waals surface area contributed by atoms with E-state index in [1.165, 1.54) is 0 Å². The topological polar surface area (TPSA) is 86.4 Å². The fourth-order valence-corrected chi connectivity index (χ4v) is 3.34. The van der Waals surface area contributed by atoms with Gasteiger partial charge in [0, 0.05) is 28.9 Å². The summed E-state index contributed by atoms with van der Waals surface area (Å²) in [4.78, 5) is 15.7. The van der Waals surface area contributed by atoms with Gasteiger partial charge < -0.3 is 25.5 Å². The minimum atomic E-state index is -0.409. The summed E-state index contributed by atoms with van der Waals surface area (Å²) in [5.41, 5.74) is 2.68. The molecule has 0 spiro atoms. The van der Waals surface area contributed by atoms with Crippen LogP contribution in [-0.2, 0) is 6.42 Å². The normalized spacial score (nSPS) is 11.8. The van der Waals surface area contributed by atoms with Gasteiger partial charge in [0.2, 0.25) is 0 Å². The summed E-state index contributed by atoms with van der Waals surface area (Å²) in [7, 11) is 0. The minimum Gasteiger partial charge on any atom is -0.457 e. The van der Waals surface area contributed by atoms with Crippen LogP contribution in [0, 0.1) is 0 Å². The second-order valence-electron chi connectivity index (χ2n) is 6.98. The molecule has 6 nitrogen and oxygen atoms in total. The van der Waals surface area contributed by atoms with Gasteiger partial charge in [-0.3, -0.25) is 0 Å². The number of para-hydroxylation sites is 2. The number of carbonyl (C=O) groups excluding carboxylic acids is 1. The highest BCUT2D eigenvalue weighted by atomic mass is 16.5. The predicted molar refractivity (Wildman–Crippen MR) is 118 cm³/mol. The number of aromatic nitrogens is 1. The highest BCUT2D eigenvalue weighted by Gasteiger charge is 2.15. The molecule has 0 aliphatic carbocycles. The van der Waals surface area contributed by atoms with Gasteiger partial charge in [0.05, 0.1) is 12.6 Å². The molecule has 152 valence electrons. The number of hydrogen-bond donors (Lipinski definition) is 4. The molecular weight excluding hydrogens is 378 g/mol. The number of amides is 2. The number of aromatic amines is 1. The van der Waals surface area contributed by atoms with Gasteiger partial charge in [-0.05, 0) is 42.3 Å². The third-order valence-electron chi connectivity index (χ3n) is 4.77. The van der Waals surface area contributed by atoms with Gasteiger partial charge >= 0.3 is 6.03 Å². The van der Waals surface area contributed by atoms with Crippen LogP contribution in [0.3, 0.4) is 0 Å². The molecule has 1 aromatic heterocycles. The second kappa shape index (κ2) is 9.15. The van der Waals surface area contributed by atoms with Gasteiger partial charge in [-0.1, -0.05) is 42.5 Å². The smallest absolute Gasteiger partial charge is 0.319 e. The molecule has 0 saturated heterocycles. The van der Waals surface area contributed by atoms with E-state index in [4.69, 9.17) is 4.74 Å². The Bertz CT molecular complexity index is 1120. The van der Waals surface area contributed by atoms with Crippen LogP contribution in [0.1, 0.15) is 5.56 Å². The number of hydrogen-bond acceptors (Lipinski definition) is 3. The first-order valence-electron chi connectivity index (χ1n) is 9.77. The predicted octanol–water partition coefficient (Wildman–Crippen LogP) is 4.69. The molecule has 0 saturated carbocycles. The van der Waals surface area contributed by atoms with Gasteiger partial charge in [0.25, 0.3) is 0 Å². The zero-order valence-corrected chi connectivity index (χ0v) is 16.3. The Balaban J connectivity index is 1.38. The van der Waals surface area contributed by atoms with Crippen molar-refractivity contribution >= 4 is 22.6 Å². The molecule has 3 aromatic carbocycles. The lowest BCUT2D eigenvalue weighted by Crippen LogP contribution is -2.41. The minimum absolute atomic E-state index is 0.163. The van der Waals surface area contributed by atoms with Crippen LogP contribution in [0.4, 0.5) is 10.5 Å². The maximum absolute atomic E-state index is 12.5. The number of fused-ring (bicyclic) bond motifs is 1. The molecule has 0 bridgehead atoms. The van der Waals surface area contributed by atoms with Crippen molar-refractivity contribution in [3.63, 3.8) is 0 Å². The van der Waals surface area contributed by atoms with Crippen molar-refractivity contribution in [2.75, 3.05) is 11.9 Å². The SMILES string of the molecule is O=C(Nc1cccc(Oc2ccccc2)c1)NC(CO)Cc1c[nH]c2ccccc12. The van der Waals surface area contributed by atoms with Gasteiger partial charge in [0.15, 0.2) is 0 Å². The number of aliphatic hydroxyl groups excluding tert-OH is 1. The van der Waals surface area contributed by atoms with Crippen molar-refractivity contribution in [2.24, 2.45) is 0 Å². The van der Waals surface area contributed by atoms with Gasteiger partial charge in [-0.2, -0.15) is 0 Å². The van der Waals surface area contributed by atoms with E-state index in [2.05, 4.69) is 15.6 Å². The number of anilines is 1. The Labute approximate surface area is 174 Å². The van der Waals surface area contributed by atoms with E-state index in [0.717, 1.165) is 22.2 Å². The van der Waals surface area contributed by atoms with E-state index >= 15 is 0 Å². The summed E-state index contributed by atoms with van der Waals surface area (Å²) in [5, 5.41) is 16.5. The first kappa shape index (κ1) is 19.5. The maximum Gasteiger partial charge on any atom is 0.319 e. The highest BCUT2D eigenvalue weighted by Crippen LogP contribution is 2.24. The Morgan fingerprint density at radius 1 is 0.967 bits per heavy atom. The van der Waals surface area contributed by atoms with Gasteiger partial charge in [-0.25, -0.2) is 4.79 Å². The number of carbonyl (C=O) groups is 1. The van der Waals surface area contributed by atoms with Crippen LogP contribution in [0.25, 0.3) is 10.9 Å². The zero-order chi connectivity index (χ0) is 20.8. The summed E-state index contributed by atoms with van der Waals surface area (Å²) in [6.45, 7) is -0.163. The molecular formula is C24H23N3O3. The average molecular weight is 401 g/mol. The standard InChI is InChI=1S/C24H23N3O3/c28-16-19(13-17-15-25-23-12-5-4-11-22(17)23)27-24(29)26-18-7-6-10-21(14-18)30-20-8-2-1-3-9-20/h1-12,14-15,19,25,28H,13,16H2,(H2,26,27,29). The van der Waals surface area contributed by atoms with Crippen LogP contribution < -0.4 is 15.4 Å². The Morgan fingerprint density at radius 2 is 1.73 bits per heavy atom. The van der Waals surface area contributed by atoms with Crippen molar-refractivity contribution in [3.05, 3.63) is 90.6 Å². The van der Waals surface area contributed by atoms with Crippen molar-refractivity contribution in [1.82, 2.24) is 10.3 Å². The largest absolute Gasteiger partial charge is 0.457 e. The van der Waals surface area contributed by atoms with Crippen LogP contribution in [0.5, 0.6) is 11.5 Å². The lowest BCUT2D eigenvalue weighted by molar-refractivity contribution is 0.224. The first-order chi connectivity index (χ1) is 14.7. The molecule has 30 heavy (non-hydrogen) atoms. The molecule has 1 heterocycles. The van der Waals surface area contributed by atoms with E-state index in [-0.39, 0.29) is 12.6 Å². The summed E-state index contributed by atoms with van der Waals surface area (Å²) in [6, 6.07) is 23.8. The molecule has 4 N–H and O–H groups in total. The highest BCUT2D eigenvalue weighted by molar-refractivity contribution is 5.90. The number of ether oxygens (including phenoxy) is 1. The third kappa shape index (κ3) is 4.79. The van der Waals surface area contributed by atoms with E-state index in [1.807, 2.05) is 72.9 Å². The van der Waals surface area contributed by atoms with E-state index < -0.39 is 6.04 Å². The molecule has 0 radical (unpaired) electrons. The molecule has 1 unspecified atom stereocenters. The average Bonchev–Trinajstić information content (AvgIpc) is 3.17. The number of urea groups is 1. The number of aliphatic hydroxyl groups is 1. The number of benzene rings is 3. The summed E-state index contributed by atoms with van der Waals surface area (Å²) < 4.78 is 5.80. The summed E-state index contributed by atoms with van der Waals surface area (Å²) >= 11 is 0. The lowest BCUT2D eigenvalue weighted by Gasteiger charge is -2.17. The van der Waals surface area contributed by atoms with Crippen LogP contribution >= 0.6 is 0 Å². The quantitative estimate of drug-likeness (QED) is 0.362. The molecule has 4 aromatic rings. The van der Waals surface area contributed by atoms with Crippen molar-refractivity contribution in [2.45, 2.75) is 12.5 Å². The lowest BCUT2D eigenvalue weighted by atomic mass is 10.1. The second-order valence-corrected chi connectivity index (χ2v) is 6.98. The van der Waals surface area contributed by atoms with E-state index in [0.29, 0.717) is 17.9 Å². The molecule has 6 heteroatoms. The third-order valence-corrected chi connectivity index (χ3v) is 4.77. The monoisotopic (exact) mass is 401 g/mol. The Kier molecular flexibility index (Phi) is 5.96. The first-order valence-corrected chi connectivity index (χ1v) is 9.77. The van der Waals surface area contributed by atoms with Gasteiger partial charge in [-0.15, -0.1) is 0 Å². The molecule has 4 rings (SSSR count). The maximum atomic E-state index is 12.5. The van der Waals surface area contributed by atoms with Crippen LogP contribution in [-0.4, -0.2) is 28.8 Å². The van der Waals surface area contributed by atoms with Crippen molar-refractivity contribution < 1.29 is 14.6 Å². The molecule has 2 amide bonds. The van der Waals surface area contributed by atoms with Crippen molar-refractivity contribution in [1.29, 1.82) is 0 Å². The number of nitrogens with one attached hydrogen (secondary N) is 3. The molecule has 0 aliphatic rings. The van der Waals surface area contributed by atoms with E-state index in [9.17, 15) is 9.90 Å². The van der Waals surface area contributed by atoms with Crippen molar-refractivity contribution in [3.8, 4) is 11.5 Å². The fourth-order valence-electron chi connectivity index (χ4n) is 3.34. The fraction of sp³-hybridized carbons (Fsp3) is 0.125. The van der Waals surface area contributed by atoms with Crippen LogP contribution in [0.15, 0.2) is 85.1 Å². The number of H-pyrrole nitrogens is 1. The zero-order valence-electron chi connectivity index (χ0n) is 16.3. The van der Waals surface area contributed by atoms with Gasteiger partial charge in [0.1, 0.15) is 11.5 Å². The summed E-state index contributed by atoms with van der Waals surface area (Å²) in [6.07, 6.45) is 2.43. The van der Waals surface area contributed by atoms with E-state index in [1.54, 1.807) is 12.1 Å². The molecule has 1 atom stereocenters. The Hall–Kier alpha value is -3.77. The Morgan fingerprint density at radius 3 is 2.57 bits per heavy atom. The van der Waals surface area contributed by atoms with Crippen LogP contribution in [0.2, 0.25) is 0 Å². The molecule has 0 fully saturated rings. The molecule has 0 aliphatic heterocycles. The summed E-state index contributed by atoms with van der Waals surface area (Å²) in [5.74, 6) is 1.34. The number of rotatable bonds is 7.